The molecule has 0 aromatic carbocycles. The van der Waals surface area contributed by atoms with Crippen molar-refractivity contribution in [3.8, 4) is 0 Å². The number of hydrogen-bond acceptors (Lipinski definition) is 4. The molecule has 2 aliphatic rings. The molecule has 2 heterocycles. The van der Waals surface area contributed by atoms with E-state index in [4.69, 9.17) is 9.15 Å². The summed E-state index contributed by atoms with van der Waals surface area (Å²) in [7, 11) is 0. The van der Waals surface area contributed by atoms with Crippen LogP contribution in [0.3, 0.4) is 0 Å². The fourth-order valence-corrected chi connectivity index (χ4v) is 3.50. The van der Waals surface area contributed by atoms with Gasteiger partial charge in [0.2, 0.25) is 0 Å². The smallest absolute Gasteiger partial charge is 0.410 e. The van der Waals surface area contributed by atoms with Gasteiger partial charge in [-0.3, -0.25) is 0 Å². The molecule has 0 radical (unpaired) electrons. The first-order valence-corrected chi connectivity index (χ1v) is 9.11. The van der Waals surface area contributed by atoms with Gasteiger partial charge in [0.1, 0.15) is 5.76 Å². The van der Waals surface area contributed by atoms with Crippen LogP contribution in [-0.4, -0.2) is 42.3 Å². The van der Waals surface area contributed by atoms with E-state index in [1.165, 1.54) is 0 Å². The second-order valence-corrected chi connectivity index (χ2v) is 7.06. The van der Waals surface area contributed by atoms with Gasteiger partial charge in [-0.2, -0.15) is 0 Å². The predicted molar refractivity (Wildman–Crippen MR) is 92.3 cm³/mol. The Morgan fingerprint density at radius 1 is 1.24 bits per heavy atom. The molecular formula is C18H27N3O4. The highest BCUT2D eigenvalue weighted by Gasteiger charge is 2.27. The van der Waals surface area contributed by atoms with Crippen molar-refractivity contribution in [3.63, 3.8) is 0 Å². The first-order chi connectivity index (χ1) is 12.0. The fraction of sp³-hybridized carbons (Fsp3) is 0.667. The number of carbonyl (C=O) groups excluding carboxylic acids is 2. The molecule has 1 atom stereocenters. The second-order valence-electron chi connectivity index (χ2n) is 7.06. The number of hydrogen-bond donors (Lipinski definition) is 2. The van der Waals surface area contributed by atoms with Gasteiger partial charge in [-0.15, -0.1) is 0 Å². The van der Waals surface area contributed by atoms with Crippen LogP contribution in [0.4, 0.5) is 9.59 Å². The van der Waals surface area contributed by atoms with Crippen molar-refractivity contribution >= 4 is 12.1 Å². The van der Waals surface area contributed by atoms with E-state index < -0.39 is 0 Å². The van der Waals surface area contributed by atoms with Crippen molar-refractivity contribution in [1.82, 2.24) is 15.5 Å². The molecule has 0 unspecified atom stereocenters. The van der Waals surface area contributed by atoms with Crippen molar-refractivity contribution in [2.45, 2.75) is 64.1 Å². The first kappa shape index (κ1) is 17.6. The van der Waals surface area contributed by atoms with E-state index in [0.717, 1.165) is 43.4 Å². The highest BCUT2D eigenvalue weighted by Crippen LogP contribution is 2.30. The van der Waals surface area contributed by atoms with Crippen molar-refractivity contribution in [2.75, 3.05) is 13.1 Å². The van der Waals surface area contributed by atoms with Crippen LogP contribution in [0.1, 0.15) is 56.9 Å². The normalized spacial score (nSPS) is 20.9. The SMILES string of the molecule is CC(C)OC(=O)N1CCC(NC(=O)N[C@H]2CCCc3occc32)CC1. The summed E-state index contributed by atoms with van der Waals surface area (Å²) in [6, 6.07) is 1.89. The number of piperidine rings is 1. The third kappa shape index (κ3) is 4.46. The third-order valence-corrected chi connectivity index (χ3v) is 4.78. The van der Waals surface area contributed by atoms with Crippen LogP contribution in [0.2, 0.25) is 0 Å². The van der Waals surface area contributed by atoms with Crippen molar-refractivity contribution in [2.24, 2.45) is 0 Å². The zero-order valence-electron chi connectivity index (χ0n) is 14.9. The molecule has 3 amide bonds. The Labute approximate surface area is 148 Å². The van der Waals surface area contributed by atoms with E-state index in [-0.39, 0.29) is 30.3 Å². The maximum absolute atomic E-state index is 12.3. The maximum Gasteiger partial charge on any atom is 0.410 e. The lowest BCUT2D eigenvalue weighted by atomic mass is 9.93. The van der Waals surface area contributed by atoms with Crippen LogP contribution < -0.4 is 10.6 Å². The summed E-state index contributed by atoms with van der Waals surface area (Å²) >= 11 is 0. The number of carbonyl (C=O) groups is 2. The zero-order chi connectivity index (χ0) is 17.8. The molecule has 0 saturated carbocycles. The number of likely N-dealkylation sites (tertiary alicyclic amines) is 1. The number of furan rings is 1. The molecule has 2 N–H and O–H groups in total. The Morgan fingerprint density at radius 3 is 2.72 bits per heavy atom. The number of ether oxygens (including phenoxy) is 1. The average Bonchev–Trinajstić information content (AvgIpc) is 3.04. The molecular weight excluding hydrogens is 322 g/mol. The third-order valence-electron chi connectivity index (χ3n) is 4.78. The standard InChI is InChI=1S/C18H27N3O4/c1-12(2)25-18(23)21-9-6-13(7-10-21)19-17(22)20-15-4-3-5-16-14(15)8-11-24-16/h8,11-13,15H,3-7,9-10H2,1-2H3,(H2,19,20,22)/t15-/m0/s1. The minimum Gasteiger partial charge on any atom is -0.469 e. The quantitative estimate of drug-likeness (QED) is 0.879. The molecule has 138 valence electrons. The maximum atomic E-state index is 12.3. The highest BCUT2D eigenvalue weighted by atomic mass is 16.6. The molecule has 1 aliphatic heterocycles. The Morgan fingerprint density at radius 2 is 2.00 bits per heavy atom. The van der Waals surface area contributed by atoms with E-state index in [1.54, 1.807) is 11.2 Å². The minimum atomic E-state index is -0.271. The van der Waals surface area contributed by atoms with E-state index in [0.29, 0.717) is 13.1 Å². The monoisotopic (exact) mass is 349 g/mol. The molecule has 0 spiro atoms. The minimum absolute atomic E-state index is 0.0172. The summed E-state index contributed by atoms with van der Waals surface area (Å²) in [5.74, 6) is 0.980. The van der Waals surface area contributed by atoms with Gasteiger partial charge >= 0.3 is 12.1 Å². The van der Waals surface area contributed by atoms with E-state index in [1.807, 2.05) is 19.9 Å². The van der Waals surface area contributed by atoms with Gasteiger partial charge in [-0.25, -0.2) is 9.59 Å². The summed E-state index contributed by atoms with van der Waals surface area (Å²) in [4.78, 5) is 25.9. The van der Waals surface area contributed by atoms with Gasteiger partial charge in [-0.1, -0.05) is 0 Å². The number of rotatable bonds is 3. The van der Waals surface area contributed by atoms with Crippen molar-refractivity contribution in [1.29, 1.82) is 0 Å². The highest BCUT2D eigenvalue weighted by molar-refractivity contribution is 5.75. The molecule has 0 bridgehead atoms. The largest absolute Gasteiger partial charge is 0.469 e. The van der Waals surface area contributed by atoms with Gasteiger partial charge in [0.15, 0.2) is 0 Å². The zero-order valence-corrected chi connectivity index (χ0v) is 14.9. The Balaban J connectivity index is 1.44. The van der Waals surface area contributed by atoms with Gasteiger partial charge < -0.3 is 24.7 Å². The van der Waals surface area contributed by atoms with Crippen LogP contribution in [0.5, 0.6) is 0 Å². The van der Waals surface area contributed by atoms with Crippen molar-refractivity contribution in [3.05, 3.63) is 23.7 Å². The van der Waals surface area contributed by atoms with E-state index in [2.05, 4.69) is 10.6 Å². The van der Waals surface area contributed by atoms with Gasteiger partial charge in [0, 0.05) is 31.1 Å². The number of urea groups is 1. The van der Waals surface area contributed by atoms with Gasteiger partial charge in [0.25, 0.3) is 0 Å². The molecule has 7 nitrogen and oxygen atoms in total. The lowest BCUT2D eigenvalue weighted by Gasteiger charge is -2.32. The summed E-state index contributed by atoms with van der Waals surface area (Å²) in [5, 5.41) is 6.08. The molecule has 25 heavy (non-hydrogen) atoms. The first-order valence-electron chi connectivity index (χ1n) is 9.11. The van der Waals surface area contributed by atoms with Crippen LogP contribution in [0, 0.1) is 0 Å². The number of fused-ring (bicyclic) bond motifs is 1. The fourth-order valence-electron chi connectivity index (χ4n) is 3.50. The van der Waals surface area contributed by atoms with Crippen LogP contribution in [0.25, 0.3) is 0 Å². The molecule has 1 saturated heterocycles. The number of amides is 3. The summed E-state index contributed by atoms with van der Waals surface area (Å²) in [6.45, 7) is 4.89. The van der Waals surface area contributed by atoms with Gasteiger partial charge in [-0.05, 0) is 45.6 Å². The summed E-state index contributed by atoms with van der Waals surface area (Å²) < 4.78 is 10.7. The Bertz CT molecular complexity index is 605. The van der Waals surface area contributed by atoms with E-state index in [9.17, 15) is 9.59 Å². The van der Waals surface area contributed by atoms with Crippen LogP contribution >= 0.6 is 0 Å². The van der Waals surface area contributed by atoms with Crippen LogP contribution in [-0.2, 0) is 11.2 Å². The predicted octanol–water partition coefficient (Wildman–Crippen LogP) is 2.97. The lowest BCUT2D eigenvalue weighted by molar-refractivity contribution is 0.0683. The molecule has 7 heteroatoms. The lowest BCUT2D eigenvalue weighted by Crippen LogP contribution is -2.50. The molecule has 1 aromatic rings. The summed E-state index contributed by atoms with van der Waals surface area (Å²) in [5.41, 5.74) is 1.09. The molecule has 3 rings (SSSR count). The van der Waals surface area contributed by atoms with Crippen molar-refractivity contribution < 1.29 is 18.7 Å². The molecule has 1 aliphatic carbocycles. The van der Waals surface area contributed by atoms with Gasteiger partial charge in [0.05, 0.1) is 18.4 Å². The Hall–Kier alpha value is -2.18. The van der Waals surface area contributed by atoms with E-state index >= 15 is 0 Å². The topological polar surface area (TPSA) is 83.8 Å². The molecule has 1 fully saturated rings. The van der Waals surface area contributed by atoms with Crippen LogP contribution in [0.15, 0.2) is 16.7 Å². The number of nitrogens with one attached hydrogen (secondary N) is 2. The number of aryl methyl sites for hydroxylation is 1. The molecule has 1 aromatic heterocycles. The second kappa shape index (κ2) is 7.80. The number of nitrogens with zero attached hydrogens (tertiary/aromatic N) is 1. The summed E-state index contributed by atoms with van der Waals surface area (Å²) in [6.07, 6.45) is 5.66. The average molecular weight is 349 g/mol. The Kier molecular flexibility index (Phi) is 5.50.